The molecule has 6 nitrogen and oxygen atoms in total. The average molecular weight is 403 g/mol. The molecule has 0 aliphatic carbocycles. The number of aliphatic imine (C=N–C) groups is 1. The van der Waals surface area contributed by atoms with E-state index in [1.165, 1.54) is 11.8 Å². The third kappa shape index (κ3) is 3.61. The van der Waals surface area contributed by atoms with Gasteiger partial charge in [-0.25, -0.2) is 4.99 Å². The second kappa shape index (κ2) is 7.17. The molecule has 0 aromatic heterocycles. The normalized spacial score (nSPS) is 18.3. The molecule has 0 bridgehead atoms. The van der Waals surface area contributed by atoms with Crippen molar-refractivity contribution in [2.45, 2.75) is 6.92 Å². The van der Waals surface area contributed by atoms with Crippen LogP contribution in [0, 0.1) is 6.92 Å². The van der Waals surface area contributed by atoms with Crippen molar-refractivity contribution in [1.29, 1.82) is 0 Å². The molecule has 27 heavy (non-hydrogen) atoms. The quantitative estimate of drug-likeness (QED) is 0.776. The number of amidine groups is 1. The molecule has 2 aromatic carbocycles. The Morgan fingerprint density at radius 3 is 2.81 bits per heavy atom. The third-order valence-corrected chi connectivity index (χ3v) is 5.21. The van der Waals surface area contributed by atoms with Crippen molar-refractivity contribution >= 4 is 46.2 Å². The van der Waals surface area contributed by atoms with Gasteiger partial charge in [0, 0.05) is 5.02 Å². The lowest BCUT2D eigenvalue weighted by Gasteiger charge is -2.05. The first-order valence-electron chi connectivity index (χ1n) is 8.07. The fraction of sp³-hybridized carbons (Fsp3) is 0.158. The van der Waals surface area contributed by atoms with E-state index in [4.69, 9.17) is 25.8 Å². The number of nitrogens with one attached hydrogen (secondary N) is 1. The van der Waals surface area contributed by atoms with Crippen LogP contribution in [-0.2, 0) is 4.79 Å². The van der Waals surface area contributed by atoms with Crippen LogP contribution >= 0.6 is 23.4 Å². The summed E-state index contributed by atoms with van der Waals surface area (Å²) in [7, 11) is 1.56. The zero-order valence-corrected chi connectivity index (χ0v) is 16.1. The van der Waals surface area contributed by atoms with E-state index in [1.807, 2.05) is 25.1 Å². The number of carbonyl (C=O) groups excluding carboxylic acids is 1. The summed E-state index contributed by atoms with van der Waals surface area (Å²) < 4.78 is 16.1. The number of fused-ring (bicyclic) bond motifs is 1. The number of benzene rings is 2. The molecule has 0 saturated carbocycles. The smallest absolute Gasteiger partial charge is 0.264 e. The topological polar surface area (TPSA) is 69.2 Å². The molecule has 2 aliphatic heterocycles. The maximum atomic E-state index is 12.4. The van der Waals surface area contributed by atoms with Gasteiger partial charge in [0.15, 0.2) is 16.7 Å². The fourth-order valence-corrected chi connectivity index (χ4v) is 3.69. The van der Waals surface area contributed by atoms with E-state index in [9.17, 15) is 4.79 Å². The van der Waals surface area contributed by atoms with Crippen LogP contribution in [-0.4, -0.2) is 25.0 Å². The van der Waals surface area contributed by atoms with Crippen LogP contribution in [0.25, 0.3) is 6.08 Å². The van der Waals surface area contributed by atoms with Crippen molar-refractivity contribution < 1.29 is 19.0 Å². The number of hydrogen-bond acceptors (Lipinski definition) is 6. The summed E-state index contributed by atoms with van der Waals surface area (Å²) in [6.45, 7) is 2.17. The number of ether oxygens (including phenoxy) is 3. The van der Waals surface area contributed by atoms with Gasteiger partial charge < -0.3 is 19.5 Å². The molecule has 1 fully saturated rings. The number of thioether (sulfide) groups is 1. The lowest BCUT2D eigenvalue weighted by Crippen LogP contribution is -2.19. The molecule has 4 rings (SSSR count). The first-order chi connectivity index (χ1) is 13.0. The standard InChI is InChI=1S/C19H15ClN2O4S/c1-10-5-15-16(26-9-25-15)6-11(10)7-17-18(23)22-19(27-17)21-13-8-12(20)3-4-14(13)24-2/h3-8H,9H2,1-2H3,(H,21,22,23)/b17-7-. The predicted octanol–water partition coefficient (Wildman–Crippen LogP) is 4.28. The van der Waals surface area contributed by atoms with E-state index in [-0.39, 0.29) is 12.7 Å². The molecule has 8 heteroatoms. The van der Waals surface area contributed by atoms with E-state index in [1.54, 1.807) is 25.3 Å². The van der Waals surface area contributed by atoms with Gasteiger partial charge in [-0.2, -0.15) is 0 Å². The van der Waals surface area contributed by atoms with Crippen molar-refractivity contribution in [2.24, 2.45) is 4.99 Å². The SMILES string of the molecule is COc1ccc(Cl)cc1N=C1NC(=O)/C(=C/c2cc3c(cc2C)OCO3)S1. The van der Waals surface area contributed by atoms with Crippen molar-refractivity contribution in [3.63, 3.8) is 0 Å². The predicted molar refractivity (Wildman–Crippen MR) is 106 cm³/mol. The van der Waals surface area contributed by atoms with Crippen LogP contribution in [0.1, 0.15) is 11.1 Å². The van der Waals surface area contributed by atoms with Crippen molar-refractivity contribution in [3.8, 4) is 17.2 Å². The van der Waals surface area contributed by atoms with Gasteiger partial charge in [-0.05, 0) is 66.2 Å². The minimum absolute atomic E-state index is 0.211. The Bertz CT molecular complexity index is 1000. The molecule has 2 aliphatic rings. The van der Waals surface area contributed by atoms with Gasteiger partial charge in [0.05, 0.1) is 12.0 Å². The summed E-state index contributed by atoms with van der Waals surface area (Å²) in [5.74, 6) is 1.75. The number of halogens is 1. The Labute approximate surface area is 165 Å². The Hall–Kier alpha value is -2.64. The number of aryl methyl sites for hydroxylation is 1. The van der Waals surface area contributed by atoms with Crippen LogP contribution in [0.2, 0.25) is 5.02 Å². The first-order valence-corrected chi connectivity index (χ1v) is 9.26. The highest BCUT2D eigenvalue weighted by Crippen LogP contribution is 2.37. The third-order valence-electron chi connectivity index (χ3n) is 4.06. The van der Waals surface area contributed by atoms with E-state index in [0.29, 0.717) is 38.0 Å². The second-order valence-corrected chi connectivity index (χ2v) is 7.33. The molecule has 1 saturated heterocycles. The second-order valence-electron chi connectivity index (χ2n) is 5.86. The van der Waals surface area contributed by atoms with E-state index >= 15 is 0 Å². The summed E-state index contributed by atoms with van der Waals surface area (Å²) in [6.07, 6.45) is 1.81. The summed E-state index contributed by atoms with van der Waals surface area (Å²) >= 11 is 7.29. The Balaban J connectivity index is 1.63. The zero-order chi connectivity index (χ0) is 19.0. The minimum atomic E-state index is -0.211. The molecule has 0 unspecified atom stereocenters. The number of nitrogens with zero attached hydrogens (tertiary/aromatic N) is 1. The highest BCUT2D eigenvalue weighted by Gasteiger charge is 2.25. The maximum Gasteiger partial charge on any atom is 0.264 e. The summed E-state index contributed by atoms with van der Waals surface area (Å²) in [5.41, 5.74) is 2.42. The van der Waals surface area contributed by atoms with Crippen LogP contribution in [0.4, 0.5) is 5.69 Å². The number of methoxy groups -OCH3 is 1. The van der Waals surface area contributed by atoms with Crippen LogP contribution in [0.3, 0.4) is 0 Å². The van der Waals surface area contributed by atoms with Gasteiger partial charge in [-0.1, -0.05) is 11.6 Å². The number of rotatable bonds is 3. The summed E-state index contributed by atoms with van der Waals surface area (Å²) in [6, 6.07) is 8.91. The van der Waals surface area contributed by atoms with Gasteiger partial charge in [0.2, 0.25) is 6.79 Å². The minimum Gasteiger partial charge on any atom is -0.494 e. The highest BCUT2D eigenvalue weighted by molar-refractivity contribution is 8.18. The van der Waals surface area contributed by atoms with Crippen LogP contribution in [0.15, 0.2) is 40.2 Å². The van der Waals surface area contributed by atoms with Gasteiger partial charge in [0.25, 0.3) is 5.91 Å². The van der Waals surface area contributed by atoms with Gasteiger partial charge >= 0.3 is 0 Å². The number of amides is 1. The molecule has 1 amide bonds. The maximum absolute atomic E-state index is 12.4. The molecule has 138 valence electrons. The number of carbonyl (C=O) groups is 1. The van der Waals surface area contributed by atoms with Gasteiger partial charge in [-0.3, -0.25) is 4.79 Å². The van der Waals surface area contributed by atoms with Gasteiger partial charge in [0.1, 0.15) is 11.4 Å². The molecular formula is C19H15ClN2O4S. The zero-order valence-electron chi connectivity index (χ0n) is 14.5. The molecule has 0 radical (unpaired) electrons. The summed E-state index contributed by atoms with van der Waals surface area (Å²) in [4.78, 5) is 17.4. The van der Waals surface area contributed by atoms with Crippen molar-refractivity contribution in [2.75, 3.05) is 13.9 Å². The number of hydrogen-bond donors (Lipinski definition) is 1. The lowest BCUT2D eigenvalue weighted by molar-refractivity contribution is -0.115. The highest BCUT2D eigenvalue weighted by atomic mass is 35.5. The van der Waals surface area contributed by atoms with Crippen LogP contribution < -0.4 is 19.5 Å². The fourth-order valence-electron chi connectivity index (χ4n) is 2.70. The van der Waals surface area contributed by atoms with Gasteiger partial charge in [-0.15, -0.1) is 0 Å². The molecule has 0 spiro atoms. The molecular weight excluding hydrogens is 388 g/mol. The van der Waals surface area contributed by atoms with Crippen LogP contribution in [0.5, 0.6) is 17.2 Å². The molecule has 2 heterocycles. The monoisotopic (exact) mass is 402 g/mol. The largest absolute Gasteiger partial charge is 0.494 e. The Kier molecular flexibility index (Phi) is 4.72. The van der Waals surface area contributed by atoms with E-state index < -0.39 is 0 Å². The molecule has 1 N–H and O–H groups in total. The van der Waals surface area contributed by atoms with E-state index in [2.05, 4.69) is 10.3 Å². The molecule has 0 atom stereocenters. The van der Waals surface area contributed by atoms with Crippen molar-refractivity contribution in [1.82, 2.24) is 5.32 Å². The Morgan fingerprint density at radius 2 is 2.04 bits per heavy atom. The summed E-state index contributed by atoms with van der Waals surface area (Å²) in [5, 5.41) is 3.77. The Morgan fingerprint density at radius 1 is 1.26 bits per heavy atom. The van der Waals surface area contributed by atoms with Crippen molar-refractivity contribution in [3.05, 3.63) is 51.4 Å². The average Bonchev–Trinajstić information content (AvgIpc) is 3.21. The first kappa shape index (κ1) is 17.8. The molecule has 2 aromatic rings. The van der Waals surface area contributed by atoms with E-state index in [0.717, 1.165) is 11.1 Å². The lowest BCUT2D eigenvalue weighted by atomic mass is 10.1.